The smallest absolute Gasteiger partial charge is 0.317 e. The van der Waals surface area contributed by atoms with Crippen LogP contribution in [-0.4, -0.2) is 15.9 Å². The first kappa shape index (κ1) is 11.2. The molecule has 1 aromatic carbocycles. The molecule has 0 saturated carbocycles. The van der Waals surface area contributed by atoms with Gasteiger partial charge in [-0.15, -0.1) is 0 Å². The highest BCUT2D eigenvalue weighted by Crippen LogP contribution is 2.12. The van der Waals surface area contributed by atoms with Gasteiger partial charge in [0, 0.05) is 0 Å². The number of aryl methyl sites for hydroxylation is 2. The van der Waals surface area contributed by atoms with Gasteiger partial charge in [0.2, 0.25) is 0 Å². The number of benzene rings is 1. The second-order valence-electron chi connectivity index (χ2n) is 3.33. The van der Waals surface area contributed by atoms with Crippen LogP contribution in [0.15, 0.2) is 24.3 Å². The van der Waals surface area contributed by atoms with Gasteiger partial charge < -0.3 is 5.11 Å². The summed E-state index contributed by atoms with van der Waals surface area (Å²) in [7, 11) is 0. The predicted molar refractivity (Wildman–Crippen MR) is 59.9 cm³/mol. The molecule has 0 amide bonds. The van der Waals surface area contributed by atoms with Crippen molar-refractivity contribution in [3.05, 3.63) is 35.4 Å². The van der Waals surface area contributed by atoms with Crippen LogP contribution >= 0.6 is 15.9 Å². The van der Waals surface area contributed by atoms with Crippen molar-refractivity contribution < 1.29 is 9.90 Å². The first-order valence-corrected chi connectivity index (χ1v) is 5.43. The van der Waals surface area contributed by atoms with Crippen LogP contribution in [0.4, 0.5) is 0 Å². The minimum Gasteiger partial charge on any atom is -0.480 e. The van der Waals surface area contributed by atoms with Crippen molar-refractivity contribution in [2.75, 3.05) is 0 Å². The van der Waals surface area contributed by atoms with Gasteiger partial charge >= 0.3 is 5.97 Å². The standard InChI is InChI=1S/C11H13BrO2/c1-8-3-2-4-9(7-8)5-6-10(12)11(13)14/h2-4,7,10H,5-6H2,1H3,(H,13,14). The molecule has 1 aromatic rings. The lowest BCUT2D eigenvalue weighted by atomic mass is 10.1. The summed E-state index contributed by atoms with van der Waals surface area (Å²) in [6, 6.07) is 8.14. The minimum atomic E-state index is -0.794. The molecule has 1 rings (SSSR count). The Morgan fingerprint density at radius 3 is 2.86 bits per heavy atom. The van der Waals surface area contributed by atoms with Crippen LogP contribution in [0.1, 0.15) is 17.5 Å². The molecule has 3 heteroatoms. The molecule has 0 spiro atoms. The number of carboxylic acid groups (broad SMARTS) is 1. The third-order valence-corrected chi connectivity index (χ3v) is 2.89. The number of hydrogen-bond acceptors (Lipinski definition) is 1. The number of rotatable bonds is 4. The molecule has 0 aliphatic heterocycles. The summed E-state index contributed by atoms with van der Waals surface area (Å²) in [6.45, 7) is 2.03. The monoisotopic (exact) mass is 256 g/mol. The predicted octanol–water partition coefficient (Wildman–Crippen LogP) is 2.78. The first-order valence-electron chi connectivity index (χ1n) is 4.52. The van der Waals surface area contributed by atoms with Gasteiger partial charge in [0.15, 0.2) is 0 Å². The van der Waals surface area contributed by atoms with E-state index >= 15 is 0 Å². The van der Waals surface area contributed by atoms with Gasteiger partial charge in [-0.2, -0.15) is 0 Å². The van der Waals surface area contributed by atoms with Crippen molar-refractivity contribution in [1.29, 1.82) is 0 Å². The third kappa shape index (κ3) is 3.50. The van der Waals surface area contributed by atoms with E-state index in [0.29, 0.717) is 6.42 Å². The van der Waals surface area contributed by atoms with Crippen LogP contribution in [0.2, 0.25) is 0 Å². The normalized spacial score (nSPS) is 12.4. The van der Waals surface area contributed by atoms with Crippen LogP contribution in [0.5, 0.6) is 0 Å². The Balaban J connectivity index is 2.49. The lowest BCUT2D eigenvalue weighted by Gasteiger charge is -2.04. The lowest BCUT2D eigenvalue weighted by Crippen LogP contribution is -2.13. The zero-order chi connectivity index (χ0) is 10.6. The van der Waals surface area contributed by atoms with Crippen molar-refractivity contribution in [2.45, 2.75) is 24.6 Å². The highest BCUT2D eigenvalue weighted by atomic mass is 79.9. The van der Waals surface area contributed by atoms with E-state index in [4.69, 9.17) is 5.11 Å². The van der Waals surface area contributed by atoms with E-state index in [0.717, 1.165) is 6.42 Å². The second kappa shape index (κ2) is 5.15. The number of aliphatic carboxylic acids is 1. The average Bonchev–Trinajstić information content (AvgIpc) is 2.14. The van der Waals surface area contributed by atoms with Crippen LogP contribution < -0.4 is 0 Å². The summed E-state index contributed by atoms with van der Waals surface area (Å²) in [6.07, 6.45) is 1.42. The number of carbonyl (C=O) groups is 1. The molecule has 1 N–H and O–H groups in total. The van der Waals surface area contributed by atoms with Gasteiger partial charge in [0.25, 0.3) is 0 Å². The van der Waals surface area contributed by atoms with Crippen molar-refractivity contribution in [3.8, 4) is 0 Å². The summed E-state index contributed by atoms with van der Waals surface area (Å²) in [5, 5.41) is 8.67. The van der Waals surface area contributed by atoms with E-state index in [2.05, 4.69) is 22.0 Å². The van der Waals surface area contributed by atoms with Gasteiger partial charge in [-0.25, -0.2) is 0 Å². The Morgan fingerprint density at radius 1 is 1.57 bits per heavy atom. The van der Waals surface area contributed by atoms with E-state index in [1.165, 1.54) is 11.1 Å². The van der Waals surface area contributed by atoms with Gasteiger partial charge in [0.05, 0.1) is 0 Å². The number of carboxylic acids is 1. The highest BCUT2D eigenvalue weighted by molar-refractivity contribution is 9.10. The molecule has 14 heavy (non-hydrogen) atoms. The molecule has 0 saturated heterocycles. The van der Waals surface area contributed by atoms with Crippen LogP contribution in [-0.2, 0) is 11.2 Å². The molecule has 0 heterocycles. The Hall–Kier alpha value is -0.830. The van der Waals surface area contributed by atoms with Crippen molar-refractivity contribution in [2.24, 2.45) is 0 Å². The van der Waals surface area contributed by atoms with Gasteiger partial charge in [0.1, 0.15) is 4.83 Å². The molecule has 0 bridgehead atoms. The van der Waals surface area contributed by atoms with E-state index in [9.17, 15) is 4.79 Å². The molecule has 0 fully saturated rings. The zero-order valence-corrected chi connectivity index (χ0v) is 9.62. The zero-order valence-electron chi connectivity index (χ0n) is 8.03. The fourth-order valence-corrected chi connectivity index (χ4v) is 1.51. The van der Waals surface area contributed by atoms with Crippen LogP contribution in [0.25, 0.3) is 0 Å². The topological polar surface area (TPSA) is 37.3 Å². The summed E-state index contributed by atoms with van der Waals surface area (Å²) < 4.78 is 0. The molecule has 0 radical (unpaired) electrons. The number of hydrogen-bond donors (Lipinski definition) is 1. The quantitative estimate of drug-likeness (QED) is 0.842. The Labute approximate surface area is 92.1 Å². The molecule has 76 valence electrons. The SMILES string of the molecule is Cc1cccc(CCC(Br)C(=O)O)c1. The third-order valence-electron chi connectivity index (χ3n) is 2.04. The largest absolute Gasteiger partial charge is 0.480 e. The number of halogens is 1. The summed E-state index contributed by atoms with van der Waals surface area (Å²) in [5.41, 5.74) is 2.40. The fourth-order valence-electron chi connectivity index (χ4n) is 1.28. The van der Waals surface area contributed by atoms with Gasteiger partial charge in [-0.05, 0) is 25.3 Å². The Morgan fingerprint density at radius 2 is 2.29 bits per heavy atom. The summed E-state index contributed by atoms with van der Waals surface area (Å²) >= 11 is 3.12. The highest BCUT2D eigenvalue weighted by Gasteiger charge is 2.12. The molecular formula is C11H13BrO2. The molecule has 1 unspecified atom stereocenters. The van der Waals surface area contributed by atoms with Crippen LogP contribution in [0, 0.1) is 6.92 Å². The first-order chi connectivity index (χ1) is 6.59. The lowest BCUT2D eigenvalue weighted by molar-refractivity contribution is -0.136. The number of alkyl halides is 1. The van der Waals surface area contributed by atoms with E-state index in [-0.39, 0.29) is 0 Å². The Kier molecular flexibility index (Phi) is 4.14. The average molecular weight is 257 g/mol. The molecule has 1 atom stereocenters. The molecular weight excluding hydrogens is 244 g/mol. The molecule has 0 aliphatic carbocycles. The van der Waals surface area contributed by atoms with Gasteiger partial charge in [-0.3, -0.25) is 4.79 Å². The maximum absolute atomic E-state index is 10.5. The maximum atomic E-state index is 10.5. The van der Waals surface area contributed by atoms with Crippen molar-refractivity contribution >= 4 is 21.9 Å². The van der Waals surface area contributed by atoms with E-state index < -0.39 is 10.8 Å². The minimum absolute atomic E-state index is 0.442. The van der Waals surface area contributed by atoms with E-state index in [1.54, 1.807) is 0 Å². The van der Waals surface area contributed by atoms with Crippen LogP contribution in [0.3, 0.4) is 0 Å². The molecule has 0 aromatic heterocycles. The van der Waals surface area contributed by atoms with Crippen molar-refractivity contribution in [3.63, 3.8) is 0 Å². The second-order valence-corrected chi connectivity index (χ2v) is 4.44. The van der Waals surface area contributed by atoms with Gasteiger partial charge in [-0.1, -0.05) is 45.8 Å². The van der Waals surface area contributed by atoms with Crippen molar-refractivity contribution in [1.82, 2.24) is 0 Å². The maximum Gasteiger partial charge on any atom is 0.317 e. The van der Waals surface area contributed by atoms with E-state index in [1.807, 2.05) is 25.1 Å². The summed E-state index contributed by atoms with van der Waals surface area (Å²) in [4.78, 5) is 10.1. The molecule has 0 aliphatic rings. The summed E-state index contributed by atoms with van der Waals surface area (Å²) in [5.74, 6) is -0.794. The fraction of sp³-hybridized carbons (Fsp3) is 0.364. The Bertz CT molecular complexity index is 323. The molecule has 2 nitrogen and oxygen atoms in total.